The van der Waals surface area contributed by atoms with Crippen LogP contribution in [0.25, 0.3) is 22.3 Å². The quantitative estimate of drug-likeness (QED) is 0.417. The van der Waals surface area contributed by atoms with E-state index in [1.54, 1.807) is 11.0 Å². The number of hydrogen-bond acceptors (Lipinski definition) is 6. The first-order valence-corrected chi connectivity index (χ1v) is 12.5. The van der Waals surface area contributed by atoms with Crippen molar-refractivity contribution < 1.29 is 9.18 Å². The summed E-state index contributed by atoms with van der Waals surface area (Å²) in [7, 11) is 0. The summed E-state index contributed by atoms with van der Waals surface area (Å²) in [5, 5.41) is 5.68. The Kier molecular flexibility index (Phi) is 5.82. The Balaban J connectivity index is 1.30. The summed E-state index contributed by atoms with van der Waals surface area (Å²) in [6.45, 7) is 6.50. The van der Waals surface area contributed by atoms with Crippen molar-refractivity contribution in [3.05, 3.63) is 78.4 Å². The van der Waals surface area contributed by atoms with Gasteiger partial charge in [0, 0.05) is 37.4 Å². The number of carbonyl (C=O) groups is 1. The molecule has 6 rings (SSSR count). The maximum Gasteiger partial charge on any atom is 0.246 e. The molecule has 1 amide bonds. The van der Waals surface area contributed by atoms with Crippen LogP contribution < -0.4 is 10.6 Å². The predicted octanol–water partition coefficient (Wildman–Crippen LogP) is 4.13. The first-order valence-electron chi connectivity index (χ1n) is 12.5. The largest absolute Gasteiger partial charge is 0.383 e. The van der Waals surface area contributed by atoms with Gasteiger partial charge in [0.2, 0.25) is 5.91 Å². The van der Waals surface area contributed by atoms with Gasteiger partial charge in [-0.2, -0.15) is 5.10 Å². The fraction of sp³-hybridized carbons (Fsp3) is 0.286. The van der Waals surface area contributed by atoms with E-state index in [2.05, 4.69) is 33.6 Å². The van der Waals surface area contributed by atoms with Gasteiger partial charge < -0.3 is 15.5 Å². The van der Waals surface area contributed by atoms with E-state index in [0.717, 1.165) is 65.8 Å². The van der Waals surface area contributed by atoms with Crippen molar-refractivity contribution in [3.63, 3.8) is 0 Å². The Bertz CT molecular complexity index is 1500. The van der Waals surface area contributed by atoms with Gasteiger partial charge in [0.15, 0.2) is 5.65 Å². The van der Waals surface area contributed by atoms with E-state index >= 15 is 0 Å². The SMILES string of the molecule is C=CC(=O)N1CCCC(n2nc(-c3ccc(CN4CCc5cc(F)ccc54)cc3)c3c(N)ncnc32)C1. The molecular formula is C28H28FN7O. The summed E-state index contributed by atoms with van der Waals surface area (Å²) in [5.41, 5.74) is 11.9. The zero-order chi connectivity index (χ0) is 25.5. The van der Waals surface area contributed by atoms with E-state index in [0.29, 0.717) is 24.6 Å². The van der Waals surface area contributed by atoms with Crippen molar-refractivity contribution in [2.24, 2.45) is 0 Å². The number of fused-ring (bicyclic) bond motifs is 2. The lowest BCUT2D eigenvalue weighted by atomic mass is 10.1. The third-order valence-corrected chi connectivity index (χ3v) is 7.38. The van der Waals surface area contributed by atoms with Gasteiger partial charge in [-0.25, -0.2) is 19.0 Å². The molecule has 188 valence electrons. The van der Waals surface area contributed by atoms with Gasteiger partial charge in [-0.1, -0.05) is 30.8 Å². The van der Waals surface area contributed by atoms with Crippen LogP contribution in [0.1, 0.15) is 30.0 Å². The molecule has 2 N–H and O–H groups in total. The lowest BCUT2D eigenvalue weighted by molar-refractivity contribution is -0.127. The van der Waals surface area contributed by atoms with Crippen LogP contribution in [0.15, 0.2) is 61.4 Å². The second-order valence-corrected chi connectivity index (χ2v) is 9.68. The van der Waals surface area contributed by atoms with Gasteiger partial charge in [-0.05, 0) is 54.7 Å². The second-order valence-electron chi connectivity index (χ2n) is 9.68. The molecule has 1 atom stereocenters. The first-order chi connectivity index (χ1) is 18.0. The van der Waals surface area contributed by atoms with E-state index in [-0.39, 0.29) is 17.8 Å². The number of nitrogens with two attached hydrogens (primary N) is 1. The summed E-state index contributed by atoms with van der Waals surface area (Å²) < 4.78 is 15.5. The highest BCUT2D eigenvalue weighted by Crippen LogP contribution is 2.35. The summed E-state index contributed by atoms with van der Waals surface area (Å²) in [4.78, 5) is 25.1. The van der Waals surface area contributed by atoms with Crippen molar-refractivity contribution in [1.29, 1.82) is 0 Å². The number of nitrogens with zero attached hydrogens (tertiary/aromatic N) is 6. The van der Waals surface area contributed by atoms with Crippen molar-refractivity contribution in [3.8, 4) is 11.3 Å². The number of halogens is 1. The molecule has 2 aromatic carbocycles. The van der Waals surface area contributed by atoms with Crippen LogP contribution >= 0.6 is 0 Å². The lowest BCUT2D eigenvalue weighted by Crippen LogP contribution is -2.40. The van der Waals surface area contributed by atoms with Crippen molar-refractivity contribution in [1.82, 2.24) is 24.6 Å². The minimum Gasteiger partial charge on any atom is -0.383 e. The number of rotatable bonds is 5. The molecule has 2 aromatic heterocycles. The molecule has 2 aliphatic rings. The number of benzene rings is 2. The van der Waals surface area contributed by atoms with Gasteiger partial charge in [0.25, 0.3) is 0 Å². The number of anilines is 2. The van der Waals surface area contributed by atoms with E-state index in [1.165, 1.54) is 18.5 Å². The second kappa shape index (κ2) is 9.31. The van der Waals surface area contributed by atoms with E-state index in [1.807, 2.05) is 22.9 Å². The fourth-order valence-electron chi connectivity index (χ4n) is 5.53. The molecule has 4 heterocycles. The van der Waals surface area contributed by atoms with Gasteiger partial charge in [0.05, 0.1) is 11.4 Å². The van der Waals surface area contributed by atoms with E-state index in [4.69, 9.17) is 10.8 Å². The number of carbonyl (C=O) groups excluding carboxylic acids is 1. The maximum absolute atomic E-state index is 13.6. The molecule has 4 aromatic rings. The molecule has 37 heavy (non-hydrogen) atoms. The molecular weight excluding hydrogens is 469 g/mol. The van der Waals surface area contributed by atoms with Gasteiger partial charge in [-0.3, -0.25) is 4.79 Å². The molecule has 9 heteroatoms. The van der Waals surface area contributed by atoms with Gasteiger partial charge in [-0.15, -0.1) is 0 Å². The molecule has 2 aliphatic heterocycles. The summed E-state index contributed by atoms with van der Waals surface area (Å²) in [6.07, 6.45) is 5.43. The third-order valence-electron chi connectivity index (χ3n) is 7.38. The molecule has 1 unspecified atom stereocenters. The monoisotopic (exact) mass is 497 g/mol. The number of hydrogen-bond donors (Lipinski definition) is 1. The normalized spacial score (nSPS) is 17.3. The van der Waals surface area contributed by atoms with Gasteiger partial charge in [0.1, 0.15) is 23.7 Å². The molecule has 0 radical (unpaired) electrons. The standard InChI is InChI=1S/C28H28FN7O/c1-2-24(37)35-12-3-4-22(16-35)36-28-25(27(30)31-17-32-28)26(33-36)19-7-5-18(6-8-19)15-34-13-11-20-14-21(29)9-10-23(20)34/h2,5-10,14,17,22H,1,3-4,11-13,15-16H2,(H2,30,31,32). The Morgan fingerprint density at radius 2 is 2.00 bits per heavy atom. The van der Waals surface area contributed by atoms with Crippen molar-refractivity contribution >= 4 is 28.4 Å². The third kappa shape index (κ3) is 4.20. The average Bonchev–Trinajstić information content (AvgIpc) is 3.51. The molecule has 0 aliphatic carbocycles. The Labute approximate surface area is 214 Å². The highest BCUT2D eigenvalue weighted by molar-refractivity contribution is 5.98. The summed E-state index contributed by atoms with van der Waals surface area (Å²) in [6, 6.07) is 13.3. The highest BCUT2D eigenvalue weighted by Gasteiger charge is 2.28. The average molecular weight is 498 g/mol. The minimum absolute atomic E-state index is 0.0115. The molecule has 1 saturated heterocycles. The molecule has 8 nitrogen and oxygen atoms in total. The first kappa shape index (κ1) is 23.1. The minimum atomic E-state index is -0.187. The lowest BCUT2D eigenvalue weighted by Gasteiger charge is -2.32. The predicted molar refractivity (Wildman–Crippen MR) is 141 cm³/mol. The number of amides is 1. The van der Waals surface area contributed by atoms with Crippen LogP contribution in [-0.4, -0.2) is 50.2 Å². The maximum atomic E-state index is 13.6. The van der Waals surface area contributed by atoms with E-state index in [9.17, 15) is 9.18 Å². The fourth-order valence-corrected chi connectivity index (χ4v) is 5.53. The van der Waals surface area contributed by atoms with Crippen LogP contribution in [-0.2, 0) is 17.8 Å². The Morgan fingerprint density at radius 3 is 2.81 bits per heavy atom. The van der Waals surface area contributed by atoms with Crippen LogP contribution in [0.5, 0.6) is 0 Å². The summed E-state index contributed by atoms with van der Waals surface area (Å²) >= 11 is 0. The number of aromatic nitrogens is 4. The number of nitrogen functional groups attached to an aromatic ring is 1. The highest BCUT2D eigenvalue weighted by atomic mass is 19.1. The summed E-state index contributed by atoms with van der Waals surface area (Å²) in [5.74, 6) is 0.121. The zero-order valence-corrected chi connectivity index (χ0v) is 20.5. The Hall–Kier alpha value is -4.27. The number of piperidine rings is 1. The van der Waals surface area contributed by atoms with Crippen LogP contribution in [0, 0.1) is 5.82 Å². The van der Waals surface area contributed by atoms with Crippen molar-refractivity contribution in [2.75, 3.05) is 30.3 Å². The molecule has 0 saturated carbocycles. The van der Waals surface area contributed by atoms with Crippen LogP contribution in [0.2, 0.25) is 0 Å². The molecule has 0 spiro atoms. The van der Waals surface area contributed by atoms with Gasteiger partial charge >= 0.3 is 0 Å². The topological polar surface area (TPSA) is 93.2 Å². The zero-order valence-electron chi connectivity index (χ0n) is 20.5. The molecule has 0 bridgehead atoms. The number of likely N-dealkylation sites (tertiary alicyclic amines) is 1. The Morgan fingerprint density at radius 1 is 1.16 bits per heavy atom. The smallest absolute Gasteiger partial charge is 0.246 e. The van der Waals surface area contributed by atoms with Crippen LogP contribution in [0.3, 0.4) is 0 Å². The van der Waals surface area contributed by atoms with Crippen LogP contribution in [0.4, 0.5) is 15.9 Å². The van der Waals surface area contributed by atoms with Crippen molar-refractivity contribution in [2.45, 2.75) is 31.8 Å². The molecule has 1 fully saturated rings. The van der Waals surface area contributed by atoms with E-state index < -0.39 is 0 Å².